The van der Waals surface area contributed by atoms with Crippen molar-refractivity contribution in [2.24, 2.45) is 0 Å². The highest BCUT2D eigenvalue weighted by Gasteiger charge is 2.35. The van der Waals surface area contributed by atoms with E-state index in [-0.39, 0.29) is 11.2 Å². The van der Waals surface area contributed by atoms with E-state index >= 15 is 0 Å². The fourth-order valence-corrected chi connectivity index (χ4v) is 3.60. The van der Waals surface area contributed by atoms with Gasteiger partial charge >= 0.3 is 0 Å². The minimum Gasteiger partial charge on any atom is -0.392 e. The van der Waals surface area contributed by atoms with Gasteiger partial charge in [-0.05, 0) is 31.2 Å². The molecule has 1 N–H and O–H groups in total. The molecule has 0 aliphatic rings. The molecule has 0 heterocycles. The van der Waals surface area contributed by atoms with Crippen molar-refractivity contribution in [3.05, 3.63) is 35.9 Å². The van der Waals surface area contributed by atoms with Crippen LogP contribution in [0.15, 0.2) is 30.3 Å². The highest BCUT2D eigenvalue weighted by molar-refractivity contribution is 7.90. The van der Waals surface area contributed by atoms with Gasteiger partial charge in [-0.1, -0.05) is 44.2 Å². The van der Waals surface area contributed by atoms with E-state index in [0.717, 1.165) is 18.4 Å². The van der Waals surface area contributed by atoms with Crippen molar-refractivity contribution < 1.29 is 13.5 Å². The van der Waals surface area contributed by atoms with E-state index in [2.05, 4.69) is 13.8 Å². The van der Waals surface area contributed by atoms with Crippen molar-refractivity contribution >= 4 is 9.84 Å². The predicted molar refractivity (Wildman–Crippen MR) is 83.7 cm³/mol. The lowest BCUT2D eigenvalue weighted by Gasteiger charge is -2.37. The first-order chi connectivity index (χ1) is 9.35. The quantitative estimate of drug-likeness (QED) is 0.803. The van der Waals surface area contributed by atoms with Crippen LogP contribution in [0.5, 0.6) is 0 Å². The summed E-state index contributed by atoms with van der Waals surface area (Å²) in [5.74, 6) is 0.141. The van der Waals surface area contributed by atoms with Gasteiger partial charge in [0.25, 0.3) is 0 Å². The third kappa shape index (κ3) is 4.32. The van der Waals surface area contributed by atoms with Gasteiger partial charge in [-0.2, -0.15) is 0 Å². The Morgan fingerprint density at radius 1 is 1.15 bits per heavy atom. The van der Waals surface area contributed by atoms with Crippen molar-refractivity contribution in [2.45, 2.75) is 51.0 Å². The highest BCUT2D eigenvalue weighted by atomic mass is 32.2. The number of hydrogen-bond acceptors (Lipinski definition) is 3. The van der Waals surface area contributed by atoms with Gasteiger partial charge in [-0.3, -0.25) is 0 Å². The molecule has 1 rings (SSSR count). The van der Waals surface area contributed by atoms with Crippen LogP contribution >= 0.6 is 0 Å². The van der Waals surface area contributed by atoms with Crippen LogP contribution in [0.3, 0.4) is 0 Å². The molecule has 0 bridgehead atoms. The van der Waals surface area contributed by atoms with Crippen LogP contribution in [0.25, 0.3) is 0 Å². The molecule has 1 aromatic rings. The number of aliphatic hydroxyl groups excluding tert-OH is 1. The summed E-state index contributed by atoms with van der Waals surface area (Å²) in [6.07, 6.45) is 3.43. The van der Waals surface area contributed by atoms with E-state index in [1.807, 2.05) is 30.3 Å². The molecule has 0 spiro atoms. The summed E-state index contributed by atoms with van der Waals surface area (Å²) in [7, 11) is -2.95. The minimum atomic E-state index is -2.95. The molecule has 0 saturated heterocycles. The Morgan fingerprint density at radius 3 is 2.15 bits per heavy atom. The zero-order valence-electron chi connectivity index (χ0n) is 12.7. The maximum atomic E-state index is 11.2. The average molecular weight is 298 g/mol. The summed E-state index contributed by atoms with van der Waals surface area (Å²) in [5, 5.41) is 10.6. The second kappa shape index (κ2) is 7.23. The first-order valence-corrected chi connectivity index (χ1v) is 9.33. The molecule has 0 saturated carbocycles. The molecule has 0 radical (unpaired) electrons. The van der Waals surface area contributed by atoms with Crippen molar-refractivity contribution in [3.63, 3.8) is 0 Å². The largest absolute Gasteiger partial charge is 0.392 e. The molecule has 0 amide bonds. The molecule has 4 heteroatoms. The topological polar surface area (TPSA) is 54.4 Å². The fraction of sp³-hybridized carbons (Fsp3) is 0.625. The molecule has 0 aliphatic carbocycles. The van der Waals surface area contributed by atoms with E-state index in [1.54, 1.807) is 0 Å². The van der Waals surface area contributed by atoms with Crippen LogP contribution in [0.4, 0.5) is 0 Å². The number of benzene rings is 1. The summed E-state index contributed by atoms with van der Waals surface area (Å²) >= 11 is 0. The number of sulfone groups is 1. The van der Waals surface area contributed by atoms with Gasteiger partial charge in [0.2, 0.25) is 0 Å². The molecular formula is C16H26O3S. The van der Waals surface area contributed by atoms with Gasteiger partial charge in [0.1, 0.15) is 9.84 Å². The van der Waals surface area contributed by atoms with Crippen LogP contribution < -0.4 is 0 Å². The normalized spacial score (nSPS) is 14.2. The SMILES string of the molecule is CCC(CC)(c1ccccc1)C(O)CCCS(C)(=O)=O. The number of aliphatic hydroxyl groups is 1. The Hall–Kier alpha value is -0.870. The van der Waals surface area contributed by atoms with Gasteiger partial charge in [0.15, 0.2) is 0 Å². The van der Waals surface area contributed by atoms with Gasteiger partial charge in [-0.25, -0.2) is 8.42 Å². The van der Waals surface area contributed by atoms with Crippen molar-refractivity contribution in [3.8, 4) is 0 Å². The van der Waals surface area contributed by atoms with Crippen molar-refractivity contribution in [1.82, 2.24) is 0 Å². The van der Waals surface area contributed by atoms with Crippen LogP contribution in [0, 0.1) is 0 Å². The molecule has 3 nitrogen and oxygen atoms in total. The minimum absolute atomic E-state index is 0.141. The lowest BCUT2D eigenvalue weighted by Crippen LogP contribution is -2.38. The summed E-state index contributed by atoms with van der Waals surface area (Å²) in [6, 6.07) is 10.0. The number of hydrogen-bond donors (Lipinski definition) is 1. The van der Waals surface area contributed by atoms with Crippen LogP contribution in [0.1, 0.15) is 45.1 Å². The lowest BCUT2D eigenvalue weighted by molar-refractivity contribution is 0.0651. The van der Waals surface area contributed by atoms with Crippen LogP contribution in [0.2, 0.25) is 0 Å². The summed E-state index contributed by atoms with van der Waals surface area (Å²) in [5.41, 5.74) is 0.857. The molecule has 0 aliphatic heterocycles. The van der Waals surface area contributed by atoms with E-state index in [0.29, 0.717) is 12.8 Å². The van der Waals surface area contributed by atoms with Crippen LogP contribution in [-0.4, -0.2) is 31.6 Å². The molecule has 0 fully saturated rings. The Kier molecular flexibility index (Phi) is 6.21. The van der Waals surface area contributed by atoms with E-state index < -0.39 is 15.9 Å². The van der Waals surface area contributed by atoms with Gasteiger partial charge in [0, 0.05) is 17.4 Å². The van der Waals surface area contributed by atoms with E-state index in [1.165, 1.54) is 6.26 Å². The number of rotatable bonds is 8. The van der Waals surface area contributed by atoms with Crippen LogP contribution in [-0.2, 0) is 15.3 Å². The molecule has 1 unspecified atom stereocenters. The first-order valence-electron chi connectivity index (χ1n) is 7.27. The first kappa shape index (κ1) is 17.2. The third-order valence-corrected chi connectivity index (χ3v) is 5.27. The smallest absolute Gasteiger partial charge is 0.147 e. The standard InChI is InChI=1S/C16H26O3S/c1-4-16(5-2,14-10-7-6-8-11-14)15(17)12-9-13-20(3,18)19/h6-8,10-11,15,17H,4-5,9,12-13H2,1-3H3. The molecule has 0 aromatic heterocycles. The Labute approximate surface area is 123 Å². The fourth-order valence-electron chi connectivity index (χ4n) is 2.91. The second-order valence-electron chi connectivity index (χ2n) is 5.52. The zero-order valence-corrected chi connectivity index (χ0v) is 13.5. The Balaban J connectivity index is 2.85. The molecular weight excluding hydrogens is 272 g/mol. The van der Waals surface area contributed by atoms with Gasteiger partial charge < -0.3 is 5.11 Å². The highest BCUT2D eigenvalue weighted by Crippen LogP contribution is 2.37. The maximum absolute atomic E-state index is 11.2. The van der Waals surface area contributed by atoms with Gasteiger partial charge in [0.05, 0.1) is 6.10 Å². The lowest BCUT2D eigenvalue weighted by atomic mass is 9.70. The third-order valence-electron chi connectivity index (χ3n) is 4.24. The Bertz CT molecular complexity index is 490. The van der Waals surface area contributed by atoms with E-state index in [9.17, 15) is 13.5 Å². The predicted octanol–water partition coefficient (Wildman–Crippen LogP) is 2.93. The molecule has 20 heavy (non-hydrogen) atoms. The molecule has 1 atom stereocenters. The summed E-state index contributed by atoms with van der Waals surface area (Å²) in [6.45, 7) is 4.16. The van der Waals surface area contributed by atoms with Crippen molar-refractivity contribution in [1.29, 1.82) is 0 Å². The molecule has 114 valence electrons. The molecule has 1 aromatic carbocycles. The maximum Gasteiger partial charge on any atom is 0.147 e. The summed E-state index contributed by atoms with van der Waals surface area (Å²) in [4.78, 5) is 0. The monoisotopic (exact) mass is 298 g/mol. The van der Waals surface area contributed by atoms with E-state index in [4.69, 9.17) is 0 Å². The van der Waals surface area contributed by atoms with Crippen molar-refractivity contribution in [2.75, 3.05) is 12.0 Å². The van der Waals surface area contributed by atoms with Gasteiger partial charge in [-0.15, -0.1) is 0 Å². The zero-order chi connectivity index (χ0) is 15.2. The Morgan fingerprint density at radius 2 is 1.70 bits per heavy atom. The average Bonchev–Trinajstić information content (AvgIpc) is 2.40. The second-order valence-corrected chi connectivity index (χ2v) is 7.78. The summed E-state index contributed by atoms with van der Waals surface area (Å²) < 4.78 is 22.4.